The van der Waals surface area contributed by atoms with E-state index in [-0.39, 0.29) is 6.10 Å². The van der Waals surface area contributed by atoms with Crippen LogP contribution in [0.25, 0.3) is 0 Å². The van der Waals surface area contributed by atoms with Gasteiger partial charge < -0.3 is 15.0 Å². The van der Waals surface area contributed by atoms with Crippen LogP contribution in [0.4, 0.5) is 11.8 Å². The fourth-order valence-electron chi connectivity index (χ4n) is 1.98. The molecule has 5 nitrogen and oxygen atoms in total. The second-order valence-corrected chi connectivity index (χ2v) is 4.35. The Hall–Kier alpha value is -1.36. The minimum atomic E-state index is 0.265. The van der Waals surface area contributed by atoms with E-state index < -0.39 is 0 Å². The molecule has 2 rings (SSSR count). The Balaban J connectivity index is 2.18. The average Bonchev–Trinajstić information content (AvgIpc) is 2.28. The normalized spacial score (nSPS) is 20.4. The lowest BCUT2D eigenvalue weighted by Crippen LogP contribution is -2.41. The molecule has 1 aliphatic heterocycles. The van der Waals surface area contributed by atoms with Crippen molar-refractivity contribution >= 4 is 11.8 Å². The van der Waals surface area contributed by atoms with Crippen LogP contribution in [-0.4, -0.2) is 42.3 Å². The summed E-state index contributed by atoms with van der Waals surface area (Å²) in [6, 6.07) is 2.03. The number of hydrogen-bond donors (Lipinski definition) is 1. The molecule has 1 N–H and O–H groups in total. The second kappa shape index (κ2) is 5.31. The largest absolute Gasteiger partial charge is 0.375 e. The first-order valence-corrected chi connectivity index (χ1v) is 6.15. The van der Waals surface area contributed by atoms with Gasteiger partial charge in [0.25, 0.3) is 0 Å². The highest BCUT2D eigenvalue weighted by molar-refractivity contribution is 5.45. The van der Waals surface area contributed by atoms with E-state index in [1.807, 2.05) is 19.9 Å². The van der Waals surface area contributed by atoms with E-state index in [1.54, 1.807) is 0 Å². The zero-order valence-corrected chi connectivity index (χ0v) is 10.7. The quantitative estimate of drug-likeness (QED) is 0.860. The fraction of sp³-hybridized carbons (Fsp3) is 0.667. The summed E-state index contributed by atoms with van der Waals surface area (Å²) in [6.45, 7) is 9.51. The van der Waals surface area contributed by atoms with Crippen LogP contribution >= 0.6 is 0 Å². The van der Waals surface area contributed by atoms with Crippen molar-refractivity contribution in [3.05, 3.63) is 11.8 Å². The van der Waals surface area contributed by atoms with Crippen molar-refractivity contribution in [2.75, 3.05) is 36.5 Å². The van der Waals surface area contributed by atoms with E-state index in [1.165, 1.54) is 0 Å². The van der Waals surface area contributed by atoms with Gasteiger partial charge in [0.05, 0.1) is 12.7 Å². The molecule has 1 saturated heterocycles. The smallest absolute Gasteiger partial charge is 0.224 e. The van der Waals surface area contributed by atoms with Crippen LogP contribution in [0, 0.1) is 6.92 Å². The van der Waals surface area contributed by atoms with E-state index in [0.717, 1.165) is 37.8 Å². The summed E-state index contributed by atoms with van der Waals surface area (Å²) in [5, 5.41) is 3.16. The van der Waals surface area contributed by atoms with Crippen molar-refractivity contribution in [1.82, 2.24) is 9.97 Å². The Morgan fingerprint density at radius 2 is 2.35 bits per heavy atom. The number of anilines is 2. The van der Waals surface area contributed by atoms with Gasteiger partial charge in [-0.25, -0.2) is 4.98 Å². The topological polar surface area (TPSA) is 50.3 Å². The molecule has 1 aliphatic rings. The standard InChI is InChI=1S/C12H20N4O/c1-4-13-12-14-9(2)7-11(15-12)16-5-6-17-10(3)8-16/h7,10H,4-6,8H2,1-3H3,(H,13,14,15). The Kier molecular flexibility index (Phi) is 3.78. The molecular formula is C12H20N4O. The summed E-state index contributed by atoms with van der Waals surface area (Å²) in [5.74, 6) is 1.70. The summed E-state index contributed by atoms with van der Waals surface area (Å²) in [7, 11) is 0. The lowest BCUT2D eigenvalue weighted by Gasteiger charge is -2.32. The minimum Gasteiger partial charge on any atom is -0.375 e. The molecule has 2 heterocycles. The van der Waals surface area contributed by atoms with Gasteiger partial charge in [0.1, 0.15) is 5.82 Å². The van der Waals surface area contributed by atoms with Crippen molar-refractivity contribution in [3.63, 3.8) is 0 Å². The van der Waals surface area contributed by atoms with Gasteiger partial charge in [-0.2, -0.15) is 4.98 Å². The molecular weight excluding hydrogens is 216 g/mol. The summed E-state index contributed by atoms with van der Waals surface area (Å²) in [6.07, 6.45) is 0.265. The highest BCUT2D eigenvalue weighted by Gasteiger charge is 2.18. The number of hydrogen-bond acceptors (Lipinski definition) is 5. The van der Waals surface area contributed by atoms with E-state index in [9.17, 15) is 0 Å². The first kappa shape index (κ1) is 12.1. The van der Waals surface area contributed by atoms with Crippen LogP contribution in [0.2, 0.25) is 0 Å². The van der Waals surface area contributed by atoms with Gasteiger partial charge in [0.15, 0.2) is 0 Å². The van der Waals surface area contributed by atoms with Crippen LogP contribution in [0.1, 0.15) is 19.5 Å². The molecule has 0 bridgehead atoms. The molecule has 1 atom stereocenters. The number of rotatable bonds is 3. The second-order valence-electron chi connectivity index (χ2n) is 4.35. The number of nitrogens with zero attached hydrogens (tertiary/aromatic N) is 3. The Bertz CT molecular complexity index is 383. The fourth-order valence-corrected chi connectivity index (χ4v) is 1.98. The van der Waals surface area contributed by atoms with Gasteiger partial charge in [-0.1, -0.05) is 0 Å². The van der Waals surface area contributed by atoms with Crippen molar-refractivity contribution < 1.29 is 4.74 Å². The van der Waals surface area contributed by atoms with Crippen molar-refractivity contribution in [1.29, 1.82) is 0 Å². The predicted molar refractivity (Wildman–Crippen MR) is 68.6 cm³/mol. The minimum absolute atomic E-state index is 0.265. The van der Waals surface area contributed by atoms with Crippen molar-refractivity contribution in [3.8, 4) is 0 Å². The van der Waals surface area contributed by atoms with Crippen molar-refractivity contribution in [2.45, 2.75) is 26.9 Å². The van der Waals surface area contributed by atoms with E-state index >= 15 is 0 Å². The zero-order valence-electron chi connectivity index (χ0n) is 10.7. The summed E-state index contributed by atoms with van der Waals surface area (Å²) in [4.78, 5) is 11.1. The molecule has 17 heavy (non-hydrogen) atoms. The van der Waals surface area contributed by atoms with E-state index in [0.29, 0.717) is 5.95 Å². The van der Waals surface area contributed by atoms with Gasteiger partial charge >= 0.3 is 0 Å². The summed E-state index contributed by atoms with van der Waals surface area (Å²) in [5.41, 5.74) is 0.991. The SMILES string of the molecule is CCNc1nc(C)cc(N2CCOC(C)C2)n1. The van der Waals surface area contributed by atoms with Gasteiger partial charge in [0, 0.05) is 31.4 Å². The first-order chi connectivity index (χ1) is 8.19. The number of morpholine rings is 1. The highest BCUT2D eigenvalue weighted by atomic mass is 16.5. The summed E-state index contributed by atoms with van der Waals surface area (Å²) >= 11 is 0. The Morgan fingerprint density at radius 1 is 1.53 bits per heavy atom. The molecule has 1 aromatic heterocycles. The van der Waals surface area contributed by atoms with Crippen LogP contribution < -0.4 is 10.2 Å². The maximum atomic E-state index is 5.54. The molecule has 0 amide bonds. The molecule has 5 heteroatoms. The first-order valence-electron chi connectivity index (χ1n) is 6.15. The summed E-state index contributed by atoms with van der Waals surface area (Å²) < 4.78 is 5.54. The van der Waals surface area contributed by atoms with Crippen molar-refractivity contribution in [2.24, 2.45) is 0 Å². The van der Waals surface area contributed by atoms with Crippen LogP contribution in [0.5, 0.6) is 0 Å². The van der Waals surface area contributed by atoms with E-state index in [4.69, 9.17) is 4.74 Å². The van der Waals surface area contributed by atoms with Gasteiger partial charge in [-0.15, -0.1) is 0 Å². The molecule has 0 spiro atoms. The predicted octanol–water partition coefficient (Wildman–Crippen LogP) is 1.44. The molecule has 0 saturated carbocycles. The molecule has 94 valence electrons. The molecule has 0 radical (unpaired) electrons. The Labute approximate surface area is 102 Å². The van der Waals surface area contributed by atoms with E-state index in [2.05, 4.69) is 27.1 Å². The monoisotopic (exact) mass is 236 g/mol. The number of nitrogens with one attached hydrogen (secondary N) is 1. The van der Waals surface area contributed by atoms with Crippen LogP contribution in [0.3, 0.4) is 0 Å². The molecule has 0 aromatic carbocycles. The average molecular weight is 236 g/mol. The maximum absolute atomic E-state index is 5.54. The maximum Gasteiger partial charge on any atom is 0.224 e. The number of aromatic nitrogens is 2. The number of ether oxygens (including phenoxy) is 1. The molecule has 1 fully saturated rings. The number of aryl methyl sites for hydroxylation is 1. The third-order valence-electron chi connectivity index (χ3n) is 2.74. The molecule has 1 aromatic rings. The molecule has 1 unspecified atom stereocenters. The third kappa shape index (κ3) is 3.06. The zero-order chi connectivity index (χ0) is 12.3. The van der Waals surface area contributed by atoms with Gasteiger partial charge in [-0.3, -0.25) is 0 Å². The van der Waals surface area contributed by atoms with Gasteiger partial charge in [0.2, 0.25) is 5.95 Å². The lowest BCUT2D eigenvalue weighted by molar-refractivity contribution is 0.0529. The highest BCUT2D eigenvalue weighted by Crippen LogP contribution is 2.17. The Morgan fingerprint density at radius 3 is 3.06 bits per heavy atom. The third-order valence-corrected chi connectivity index (χ3v) is 2.74. The van der Waals surface area contributed by atoms with Gasteiger partial charge in [-0.05, 0) is 20.8 Å². The van der Waals surface area contributed by atoms with Crippen LogP contribution in [0.15, 0.2) is 6.07 Å². The van der Waals surface area contributed by atoms with Crippen LogP contribution in [-0.2, 0) is 4.74 Å². The molecule has 0 aliphatic carbocycles. The lowest BCUT2D eigenvalue weighted by atomic mass is 10.3.